The summed E-state index contributed by atoms with van der Waals surface area (Å²) in [5.41, 5.74) is 0. The molecule has 3 unspecified atom stereocenters. The van der Waals surface area contributed by atoms with Gasteiger partial charge < -0.3 is 45.4 Å². The molecule has 1 rings (SSSR count). The molecule has 0 bridgehead atoms. The average Bonchev–Trinajstić information content (AvgIpc) is 3.02. The molecule has 1 aliphatic rings. The zero-order valence-corrected chi connectivity index (χ0v) is 27.8. The summed E-state index contributed by atoms with van der Waals surface area (Å²) in [6.45, 7) is 3.40. The van der Waals surface area contributed by atoms with E-state index in [0.717, 1.165) is 44.9 Å². The summed E-state index contributed by atoms with van der Waals surface area (Å²) in [5, 5.41) is 63.9. The van der Waals surface area contributed by atoms with E-state index in [-0.39, 0.29) is 18.9 Å². The highest BCUT2D eigenvalue weighted by molar-refractivity contribution is 5.76. The van der Waals surface area contributed by atoms with Crippen LogP contribution in [0.1, 0.15) is 149 Å². The minimum Gasteiger partial charge on any atom is -0.394 e. The molecule has 7 N–H and O–H groups in total. The number of ether oxygens (including phenoxy) is 2. The first kappa shape index (κ1) is 41.2. The van der Waals surface area contributed by atoms with Gasteiger partial charge in [-0.1, -0.05) is 129 Å². The van der Waals surface area contributed by atoms with Crippen LogP contribution in [0.5, 0.6) is 0 Å². The Kier molecular flexibility index (Phi) is 24.6. The SMILES string of the molecule is CCCCCCCCCCCCCCCCCCC(=O)NC(CO[C@H]1O[C@H](CO)[C@H](O)[C@H](O)[C@H]1O)C(O)C(O)CCCCC. The molecule has 0 aromatic carbocycles. The second-order valence-electron chi connectivity index (χ2n) is 12.8. The number of aliphatic hydroxyl groups excluding tert-OH is 6. The molecule has 262 valence electrons. The number of nitrogens with one attached hydrogen (secondary N) is 1. The standard InChI is InChI=1S/C34H67NO9/c1-3-5-7-8-9-10-11-12-13-14-15-16-17-18-19-21-23-29(38)35-26(30(39)27(37)22-20-6-4-2)25-43-34-33(42)32(41)31(40)28(24-36)44-34/h26-28,30-34,36-37,39-42H,3-25H2,1-2H3,(H,35,38)/t26?,27?,28-,30?,31+,32+,33-,34+/m1/s1. The van der Waals surface area contributed by atoms with Crippen LogP contribution < -0.4 is 5.32 Å². The second kappa shape index (κ2) is 26.2. The fourth-order valence-electron chi connectivity index (χ4n) is 5.78. The number of aliphatic hydroxyl groups is 6. The van der Waals surface area contributed by atoms with Crippen LogP contribution in [0.4, 0.5) is 0 Å². The lowest BCUT2D eigenvalue weighted by Crippen LogP contribution is -2.60. The zero-order valence-electron chi connectivity index (χ0n) is 27.8. The van der Waals surface area contributed by atoms with E-state index in [0.29, 0.717) is 6.42 Å². The highest BCUT2D eigenvalue weighted by Crippen LogP contribution is 2.23. The van der Waals surface area contributed by atoms with Crippen molar-refractivity contribution >= 4 is 5.91 Å². The molecule has 0 aliphatic carbocycles. The number of unbranched alkanes of at least 4 members (excludes halogenated alkanes) is 17. The topological polar surface area (TPSA) is 169 Å². The zero-order chi connectivity index (χ0) is 32.6. The minimum absolute atomic E-state index is 0.266. The van der Waals surface area contributed by atoms with Gasteiger partial charge in [0.1, 0.15) is 30.5 Å². The summed E-state index contributed by atoms with van der Waals surface area (Å²) in [4.78, 5) is 12.8. The number of carbonyl (C=O) groups is 1. The first-order chi connectivity index (χ1) is 21.3. The van der Waals surface area contributed by atoms with E-state index in [4.69, 9.17) is 9.47 Å². The Labute approximate surface area is 266 Å². The molecule has 1 fully saturated rings. The Balaban J connectivity index is 2.35. The van der Waals surface area contributed by atoms with Crippen LogP contribution in [0.3, 0.4) is 0 Å². The van der Waals surface area contributed by atoms with Crippen molar-refractivity contribution in [3.05, 3.63) is 0 Å². The van der Waals surface area contributed by atoms with E-state index in [2.05, 4.69) is 12.2 Å². The van der Waals surface area contributed by atoms with Crippen molar-refractivity contribution in [2.75, 3.05) is 13.2 Å². The van der Waals surface area contributed by atoms with E-state index in [1.807, 2.05) is 6.92 Å². The fourth-order valence-corrected chi connectivity index (χ4v) is 5.78. The highest BCUT2D eigenvalue weighted by atomic mass is 16.7. The molecule has 1 saturated heterocycles. The maximum Gasteiger partial charge on any atom is 0.220 e. The van der Waals surface area contributed by atoms with Crippen molar-refractivity contribution < 1.29 is 44.9 Å². The first-order valence-electron chi connectivity index (χ1n) is 17.8. The normalized spacial score (nSPS) is 24.2. The molecule has 8 atom stereocenters. The van der Waals surface area contributed by atoms with Crippen LogP contribution in [0, 0.1) is 0 Å². The van der Waals surface area contributed by atoms with Gasteiger partial charge in [-0.05, 0) is 12.8 Å². The lowest BCUT2D eigenvalue weighted by Gasteiger charge is -2.40. The second-order valence-corrected chi connectivity index (χ2v) is 12.8. The lowest BCUT2D eigenvalue weighted by molar-refractivity contribution is -0.303. The maximum atomic E-state index is 12.8. The lowest BCUT2D eigenvalue weighted by atomic mass is 9.99. The largest absolute Gasteiger partial charge is 0.394 e. The van der Waals surface area contributed by atoms with Gasteiger partial charge in [0.05, 0.1) is 25.4 Å². The van der Waals surface area contributed by atoms with Gasteiger partial charge in [-0.25, -0.2) is 0 Å². The van der Waals surface area contributed by atoms with Crippen molar-refractivity contribution in [1.82, 2.24) is 5.32 Å². The van der Waals surface area contributed by atoms with Crippen molar-refractivity contribution in [3.63, 3.8) is 0 Å². The van der Waals surface area contributed by atoms with Crippen LogP contribution in [-0.2, 0) is 14.3 Å². The van der Waals surface area contributed by atoms with Crippen LogP contribution >= 0.6 is 0 Å². The maximum absolute atomic E-state index is 12.8. The Morgan fingerprint density at radius 3 is 1.68 bits per heavy atom. The van der Waals surface area contributed by atoms with Gasteiger partial charge in [0, 0.05) is 6.42 Å². The predicted molar refractivity (Wildman–Crippen MR) is 172 cm³/mol. The van der Waals surface area contributed by atoms with Gasteiger partial charge in [0.15, 0.2) is 6.29 Å². The van der Waals surface area contributed by atoms with Crippen molar-refractivity contribution in [3.8, 4) is 0 Å². The van der Waals surface area contributed by atoms with Gasteiger partial charge in [-0.2, -0.15) is 0 Å². The molecule has 44 heavy (non-hydrogen) atoms. The van der Waals surface area contributed by atoms with Crippen LogP contribution in [-0.4, -0.2) is 98.7 Å². The smallest absolute Gasteiger partial charge is 0.220 e. The summed E-state index contributed by atoms with van der Waals surface area (Å²) >= 11 is 0. The number of amides is 1. The number of hydrogen-bond donors (Lipinski definition) is 7. The predicted octanol–water partition coefficient (Wildman–Crippen LogP) is 4.24. The first-order valence-corrected chi connectivity index (χ1v) is 17.8. The minimum atomic E-state index is -1.60. The molecular formula is C34H67NO9. The van der Waals surface area contributed by atoms with E-state index >= 15 is 0 Å². The third-order valence-electron chi connectivity index (χ3n) is 8.80. The molecule has 0 radical (unpaired) electrons. The van der Waals surface area contributed by atoms with Crippen molar-refractivity contribution in [2.24, 2.45) is 0 Å². The summed E-state index contributed by atoms with van der Waals surface area (Å²) in [6, 6.07) is -0.979. The van der Waals surface area contributed by atoms with Gasteiger partial charge in [-0.15, -0.1) is 0 Å². The number of rotatable bonds is 28. The number of hydrogen-bond acceptors (Lipinski definition) is 9. The van der Waals surface area contributed by atoms with E-state index in [1.165, 1.54) is 77.0 Å². The molecule has 1 heterocycles. The molecule has 1 aliphatic heterocycles. The average molecular weight is 634 g/mol. The Morgan fingerprint density at radius 2 is 1.18 bits per heavy atom. The molecular weight excluding hydrogens is 566 g/mol. The number of carbonyl (C=O) groups excluding carboxylic acids is 1. The molecule has 10 heteroatoms. The summed E-state index contributed by atoms with van der Waals surface area (Å²) < 4.78 is 11.0. The summed E-state index contributed by atoms with van der Waals surface area (Å²) in [5.74, 6) is -0.266. The van der Waals surface area contributed by atoms with Crippen LogP contribution in [0.2, 0.25) is 0 Å². The molecule has 0 aromatic rings. The third-order valence-corrected chi connectivity index (χ3v) is 8.80. The molecule has 0 saturated carbocycles. The summed E-state index contributed by atoms with van der Waals surface area (Å²) in [7, 11) is 0. The quantitative estimate of drug-likeness (QED) is 0.0623. The van der Waals surface area contributed by atoms with Crippen LogP contribution in [0.15, 0.2) is 0 Å². The molecule has 0 spiro atoms. The third kappa shape index (κ3) is 17.7. The fraction of sp³-hybridized carbons (Fsp3) is 0.971. The molecule has 0 aromatic heterocycles. The van der Waals surface area contributed by atoms with Gasteiger partial charge >= 0.3 is 0 Å². The highest BCUT2D eigenvalue weighted by Gasteiger charge is 2.44. The van der Waals surface area contributed by atoms with E-state index < -0.39 is 55.6 Å². The van der Waals surface area contributed by atoms with Gasteiger partial charge in [0.25, 0.3) is 0 Å². The summed E-state index contributed by atoms with van der Waals surface area (Å²) in [6.07, 6.45) is 13.6. The van der Waals surface area contributed by atoms with E-state index in [9.17, 15) is 35.4 Å². The Morgan fingerprint density at radius 1 is 0.705 bits per heavy atom. The van der Waals surface area contributed by atoms with Gasteiger partial charge in [0.2, 0.25) is 5.91 Å². The van der Waals surface area contributed by atoms with Crippen LogP contribution in [0.25, 0.3) is 0 Å². The van der Waals surface area contributed by atoms with Gasteiger partial charge in [-0.3, -0.25) is 4.79 Å². The molecule has 10 nitrogen and oxygen atoms in total. The van der Waals surface area contributed by atoms with Crippen molar-refractivity contribution in [1.29, 1.82) is 0 Å². The van der Waals surface area contributed by atoms with E-state index in [1.54, 1.807) is 0 Å². The molecule has 1 amide bonds. The Hall–Kier alpha value is -0.850. The van der Waals surface area contributed by atoms with Crippen molar-refractivity contribution in [2.45, 2.75) is 198 Å². The Bertz CT molecular complexity index is 683. The monoisotopic (exact) mass is 633 g/mol.